The first-order valence-corrected chi connectivity index (χ1v) is 10.1. The number of rotatable bonds is 12. The molecule has 0 saturated carbocycles. The van der Waals surface area contributed by atoms with Gasteiger partial charge in [-0.15, -0.1) is 6.58 Å². The molecule has 4 N–H and O–H groups in total. The van der Waals surface area contributed by atoms with Crippen molar-refractivity contribution < 1.29 is 0 Å². The Hall–Kier alpha value is -1.65. The molecule has 2 unspecified atom stereocenters. The third-order valence-electron chi connectivity index (χ3n) is 5.73. The minimum Gasteiger partial charge on any atom is -0.348 e. The third kappa shape index (κ3) is 5.20. The van der Waals surface area contributed by atoms with Gasteiger partial charge in [-0.2, -0.15) is 0 Å². The van der Waals surface area contributed by atoms with Crippen molar-refractivity contribution in [2.75, 3.05) is 13.1 Å². The molecule has 0 radical (unpaired) electrons. The molecule has 0 amide bonds. The van der Waals surface area contributed by atoms with Gasteiger partial charge in [0.15, 0.2) is 0 Å². The number of amidine groups is 1. The van der Waals surface area contributed by atoms with E-state index in [-0.39, 0.29) is 17.5 Å². The summed E-state index contributed by atoms with van der Waals surface area (Å²) in [6.07, 6.45) is 6.22. The van der Waals surface area contributed by atoms with Crippen molar-refractivity contribution in [3.8, 4) is 0 Å². The van der Waals surface area contributed by atoms with E-state index < -0.39 is 0 Å². The molecule has 0 fully saturated rings. The molecule has 0 bridgehead atoms. The van der Waals surface area contributed by atoms with Gasteiger partial charge in [-0.1, -0.05) is 50.1 Å². The van der Waals surface area contributed by atoms with Gasteiger partial charge in [0.2, 0.25) is 0 Å². The summed E-state index contributed by atoms with van der Waals surface area (Å²) in [6, 6.07) is 0. The highest BCUT2D eigenvalue weighted by atomic mass is 15.1. The molecular formula is C23H40N4. The van der Waals surface area contributed by atoms with Crippen molar-refractivity contribution in [2.45, 2.75) is 66.5 Å². The van der Waals surface area contributed by atoms with E-state index in [4.69, 9.17) is 10.7 Å². The smallest absolute Gasteiger partial charge is 0.125 e. The van der Waals surface area contributed by atoms with Crippen LogP contribution < -0.4 is 16.4 Å². The largest absolute Gasteiger partial charge is 0.348 e. The molecular weight excluding hydrogens is 332 g/mol. The Bertz CT molecular complexity index is 598. The van der Waals surface area contributed by atoms with E-state index in [1.807, 2.05) is 13.0 Å². The fourth-order valence-electron chi connectivity index (χ4n) is 4.34. The van der Waals surface area contributed by atoms with Crippen molar-refractivity contribution in [2.24, 2.45) is 22.1 Å². The number of unbranched alkanes of at least 4 members (excludes halogenated alkanes) is 2. The summed E-state index contributed by atoms with van der Waals surface area (Å²) >= 11 is 0. The number of aliphatic imine (C=N–C) groups is 1. The van der Waals surface area contributed by atoms with Crippen LogP contribution >= 0.6 is 0 Å². The number of allylic oxidation sites excluding steroid dienone is 4. The predicted molar refractivity (Wildman–Crippen MR) is 120 cm³/mol. The van der Waals surface area contributed by atoms with Gasteiger partial charge in [-0.3, -0.25) is 5.32 Å². The quantitative estimate of drug-likeness (QED) is 0.344. The molecule has 0 spiro atoms. The Morgan fingerprint density at radius 2 is 1.93 bits per heavy atom. The van der Waals surface area contributed by atoms with Crippen LogP contribution in [-0.4, -0.2) is 25.1 Å². The highest BCUT2D eigenvalue weighted by Gasteiger charge is 2.43. The summed E-state index contributed by atoms with van der Waals surface area (Å²) in [5, 5.41) is 7.06. The van der Waals surface area contributed by atoms with Crippen LogP contribution in [-0.2, 0) is 0 Å². The zero-order valence-electron chi connectivity index (χ0n) is 18.1. The lowest BCUT2D eigenvalue weighted by Crippen LogP contribution is -2.48. The van der Waals surface area contributed by atoms with E-state index in [0.717, 1.165) is 42.1 Å². The van der Waals surface area contributed by atoms with Crippen LogP contribution in [0.5, 0.6) is 0 Å². The van der Waals surface area contributed by atoms with E-state index in [2.05, 4.69) is 58.1 Å². The highest BCUT2D eigenvalue weighted by molar-refractivity contribution is 5.82. The van der Waals surface area contributed by atoms with Gasteiger partial charge in [0, 0.05) is 23.6 Å². The van der Waals surface area contributed by atoms with Gasteiger partial charge in [-0.05, 0) is 52.7 Å². The molecule has 4 heteroatoms. The third-order valence-corrected chi connectivity index (χ3v) is 5.73. The van der Waals surface area contributed by atoms with Crippen LogP contribution in [0.15, 0.2) is 53.2 Å². The summed E-state index contributed by atoms with van der Waals surface area (Å²) in [4.78, 5) is 4.87. The van der Waals surface area contributed by atoms with E-state index in [9.17, 15) is 0 Å². The Kier molecular flexibility index (Phi) is 9.20. The molecule has 27 heavy (non-hydrogen) atoms. The molecule has 1 aliphatic rings. The Balaban J connectivity index is 3.37. The standard InChI is InChI=1S/C23H40N4/c1-9-11-12-14-25-22-21(18(7)26-19(8)27-22)20(15-24)23(13-10-2,16(3)4)17(5)6/h10,20,22,25H,2-3,5,9,11-15,24H2,1,4,6-8H3,(H,26,27). The molecule has 1 rings (SSSR count). The molecule has 2 atom stereocenters. The van der Waals surface area contributed by atoms with E-state index in [0.29, 0.717) is 6.54 Å². The average Bonchev–Trinajstić information content (AvgIpc) is 2.59. The van der Waals surface area contributed by atoms with E-state index in [1.165, 1.54) is 18.4 Å². The molecule has 0 aromatic rings. The van der Waals surface area contributed by atoms with Crippen LogP contribution in [0.25, 0.3) is 0 Å². The second-order valence-electron chi connectivity index (χ2n) is 7.80. The van der Waals surface area contributed by atoms with Crippen molar-refractivity contribution >= 4 is 5.84 Å². The van der Waals surface area contributed by atoms with Crippen LogP contribution in [0.3, 0.4) is 0 Å². The Morgan fingerprint density at radius 1 is 1.30 bits per heavy atom. The molecule has 1 aliphatic heterocycles. The van der Waals surface area contributed by atoms with Gasteiger partial charge in [0.05, 0.1) is 5.84 Å². The van der Waals surface area contributed by atoms with Crippen LogP contribution in [0.2, 0.25) is 0 Å². The van der Waals surface area contributed by atoms with Gasteiger partial charge in [0.25, 0.3) is 0 Å². The van der Waals surface area contributed by atoms with Gasteiger partial charge < -0.3 is 11.1 Å². The van der Waals surface area contributed by atoms with Gasteiger partial charge in [0.1, 0.15) is 6.17 Å². The lowest BCUT2D eigenvalue weighted by Gasteiger charge is -2.45. The summed E-state index contributed by atoms with van der Waals surface area (Å²) in [5.74, 6) is 0.985. The van der Waals surface area contributed by atoms with Crippen LogP contribution in [0, 0.1) is 11.3 Å². The molecule has 0 aliphatic carbocycles. The summed E-state index contributed by atoms with van der Waals surface area (Å²) in [7, 11) is 0. The number of hydrogen-bond acceptors (Lipinski definition) is 4. The number of nitrogens with one attached hydrogen (secondary N) is 2. The van der Waals surface area contributed by atoms with Crippen molar-refractivity contribution in [3.63, 3.8) is 0 Å². The second-order valence-corrected chi connectivity index (χ2v) is 7.80. The number of nitrogens with two attached hydrogens (primary N) is 1. The van der Waals surface area contributed by atoms with Crippen LogP contribution in [0.4, 0.5) is 0 Å². The van der Waals surface area contributed by atoms with Crippen molar-refractivity contribution in [1.82, 2.24) is 10.6 Å². The summed E-state index contributed by atoms with van der Waals surface area (Å²) < 4.78 is 0. The van der Waals surface area contributed by atoms with Crippen molar-refractivity contribution in [1.29, 1.82) is 0 Å². The lowest BCUT2D eigenvalue weighted by atomic mass is 9.61. The number of hydrogen-bond donors (Lipinski definition) is 3. The van der Waals surface area contributed by atoms with Crippen LogP contribution in [0.1, 0.15) is 60.3 Å². The molecule has 4 nitrogen and oxygen atoms in total. The first-order chi connectivity index (χ1) is 12.8. The maximum Gasteiger partial charge on any atom is 0.125 e. The SMILES string of the molecule is C=CCC(C(=C)C)(C(=C)C)C(CN)C1=C(C)NC(C)=NC1NCCCCC. The average molecular weight is 373 g/mol. The minimum atomic E-state index is -0.321. The normalized spacial score (nSPS) is 18.6. The maximum atomic E-state index is 6.38. The molecule has 0 aromatic carbocycles. The lowest BCUT2D eigenvalue weighted by molar-refractivity contribution is 0.287. The summed E-state index contributed by atoms with van der Waals surface area (Å²) in [5.41, 5.74) is 10.5. The summed E-state index contributed by atoms with van der Waals surface area (Å²) in [6.45, 7) is 24.6. The zero-order valence-corrected chi connectivity index (χ0v) is 18.1. The predicted octanol–water partition coefficient (Wildman–Crippen LogP) is 4.68. The fourth-order valence-corrected chi connectivity index (χ4v) is 4.34. The van der Waals surface area contributed by atoms with E-state index in [1.54, 1.807) is 0 Å². The van der Waals surface area contributed by atoms with E-state index >= 15 is 0 Å². The Morgan fingerprint density at radius 3 is 2.41 bits per heavy atom. The number of nitrogens with zero attached hydrogens (tertiary/aromatic N) is 1. The minimum absolute atomic E-state index is 0.0542. The second kappa shape index (κ2) is 10.6. The molecule has 1 heterocycles. The maximum absolute atomic E-state index is 6.38. The fraction of sp³-hybridized carbons (Fsp3) is 0.609. The molecule has 152 valence electrons. The molecule has 0 aromatic heterocycles. The molecule has 0 saturated heterocycles. The van der Waals surface area contributed by atoms with Gasteiger partial charge >= 0.3 is 0 Å². The monoisotopic (exact) mass is 372 g/mol. The Labute approximate surface area is 166 Å². The first kappa shape index (κ1) is 23.4. The topological polar surface area (TPSA) is 62.4 Å². The van der Waals surface area contributed by atoms with Crippen molar-refractivity contribution in [3.05, 3.63) is 48.2 Å². The highest BCUT2D eigenvalue weighted by Crippen LogP contribution is 2.49. The zero-order chi connectivity index (χ0) is 20.6. The van der Waals surface area contributed by atoms with Gasteiger partial charge in [-0.25, -0.2) is 4.99 Å². The first-order valence-electron chi connectivity index (χ1n) is 10.1.